The summed E-state index contributed by atoms with van der Waals surface area (Å²) in [5.41, 5.74) is 3.25. The molecule has 10 heteroatoms. The summed E-state index contributed by atoms with van der Waals surface area (Å²) in [6.45, 7) is 1.69. The van der Waals surface area contributed by atoms with E-state index >= 15 is 0 Å². The van der Waals surface area contributed by atoms with Crippen molar-refractivity contribution in [2.45, 2.75) is 44.8 Å². The maximum Gasteiger partial charge on any atom is 0.339 e. The van der Waals surface area contributed by atoms with Crippen LogP contribution in [0.3, 0.4) is 0 Å². The van der Waals surface area contributed by atoms with Gasteiger partial charge in [0.05, 0.1) is 40.4 Å². The van der Waals surface area contributed by atoms with Crippen LogP contribution in [0.5, 0.6) is 0 Å². The Bertz CT molecular complexity index is 1540. The molecule has 1 atom stereocenters. The second kappa shape index (κ2) is 8.30. The summed E-state index contributed by atoms with van der Waals surface area (Å²) in [6, 6.07) is 11.1. The van der Waals surface area contributed by atoms with E-state index in [4.69, 9.17) is 14.1 Å². The highest BCUT2D eigenvalue weighted by Crippen LogP contribution is 2.41. The van der Waals surface area contributed by atoms with Gasteiger partial charge in [0.1, 0.15) is 0 Å². The van der Waals surface area contributed by atoms with Crippen molar-refractivity contribution in [1.29, 1.82) is 0 Å². The lowest BCUT2D eigenvalue weighted by atomic mass is 10.1. The molecule has 0 spiro atoms. The highest BCUT2D eigenvalue weighted by Gasteiger charge is 2.34. The van der Waals surface area contributed by atoms with Crippen molar-refractivity contribution in [3.8, 4) is 11.3 Å². The number of aromatic nitrogens is 4. The van der Waals surface area contributed by atoms with Gasteiger partial charge in [0.15, 0.2) is 27.9 Å². The van der Waals surface area contributed by atoms with Crippen molar-refractivity contribution in [1.82, 2.24) is 19.7 Å². The van der Waals surface area contributed by atoms with Crippen molar-refractivity contribution in [3.05, 3.63) is 65.4 Å². The summed E-state index contributed by atoms with van der Waals surface area (Å²) >= 11 is 0. The lowest BCUT2D eigenvalue weighted by Crippen LogP contribution is -2.14. The van der Waals surface area contributed by atoms with Gasteiger partial charge in [-0.3, -0.25) is 0 Å². The van der Waals surface area contributed by atoms with Crippen molar-refractivity contribution in [2.75, 3.05) is 11.5 Å². The van der Waals surface area contributed by atoms with E-state index in [0.29, 0.717) is 46.3 Å². The van der Waals surface area contributed by atoms with Crippen molar-refractivity contribution in [3.63, 3.8) is 0 Å². The Morgan fingerprint density at radius 3 is 2.71 bits per heavy atom. The van der Waals surface area contributed by atoms with Crippen molar-refractivity contribution < 1.29 is 22.4 Å². The largest absolute Gasteiger partial charge is 0.452 e. The molecule has 2 fully saturated rings. The number of pyridine rings is 1. The molecule has 0 radical (unpaired) electrons. The van der Waals surface area contributed by atoms with Gasteiger partial charge in [-0.1, -0.05) is 30.3 Å². The van der Waals surface area contributed by atoms with Crippen LogP contribution in [-0.2, 0) is 21.2 Å². The fourth-order valence-electron chi connectivity index (χ4n) is 4.62. The first kappa shape index (κ1) is 22.0. The van der Waals surface area contributed by atoms with Gasteiger partial charge in [0.2, 0.25) is 5.89 Å². The SMILES string of the molecule is Cc1nn([C@H]2CCS(=O)(=O)C2)c2nc(C3CC3)cc(C(=O)OCc3ncc(-c4ccccc4)o3)c12. The zero-order chi connectivity index (χ0) is 24.2. The van der Waals surface area contributed by atoms with Gasteiger partial charge in [0, 0.05) is 17.2 Å². The molecule has 180 valence electrons. The smallest absolute Gasteiger partial charge is 0.339 e. The summed E-state index contributed by atoms with van der Waals surface area (Å²) in [5, 5.41) is 5.21. The first-order chi connectivity index (χ1) is 16.9. The molecule has 1 saturated heterocycles. The minimum absolute atomic E-state index is 0.0340. The van der Waals surface area contributed by atoms with Gasteiger partial charge in [-0.2, -0.15) is 5.10 Å². The fourth-order valence-corrected chi connectivity index (χ4v) is 6.31. The van der Waals surface area contributed by atoms with Crippen LogP contribution in [0.2, 0.25) is 0 Å². The molecule has 35 heavy (non-hydrogen) atoms. The number of hydrogen-bond donors (Lipinski definition) is 0. The predicted octanol–water partition coefficient (Wildman–Crippen LogP) is 3.99. The summed E-state index contributed by atoms with van der Waals surface area (Å²) < 4.78 is 37.2. The highest BCUT2D eigenvalue weighted by molar-refractivity contribution is 7.91. The lowest BCUT2D eigenvalue weighted by molar-refractivity contribution is 0.0441. The number of nitrogens with zero attached hydrogens (tertiary/aromatic N) is 4. The van der Waals surface area contributed by atoms with Crippen LogP contribution < -0.4 is 0 Å². The molecule has 6 rings (SSSR count). The molecular weight excluding hydrogens is 468 g/mol. The average molecular weight is 493 g/mol. The molecule has 0 unspecified atom stereocenters. The van der Waals surface area contributed by atoms with Crippen molar-refractivity contribution >= 4 is 26.8 Å². The van der Waals surface area contributed by atoms with Gasteiger partial charge < -0.3 is 9.15 Å². The number of sulfone groups is 1. The second-order valence-electron chi connectivity index (χ2n) is 9.21. The van der Waals surface area contributed by atoms with E-state index in [0.717, 1.165) is 24.1 Å². The van der Waals surface area contributed by atoms with E-state index in [9.17, 15) is 13.2 Å². The molecule has 0 amide bonds. The summed E-state index contributed by atoms with van der Waals surface area (Å²) in [5.74, 6) is 0.849. The van der Waals surface area contributed by atoms with Crippen LogP contribution in [-0.4, -0.2) is 45.6 Å². The molecule has 2 aliphatic rings. The number of ether oxygens (including phenoxy) is 1. The van der Waals surface area contributed by atoms with Crippen molar-refractivity contribution in [2.24, 2.45) is 0 Å². The Hall–Kier alpha value is -3.53. The highest BCUT2D eigenvalue weighted by atomic mass is 32.2. The number of aryl methyl sites for hydroxylation is 1. The summed E-state index contributed by atoms with van der Waals surface area (Å²) in [6.07, 6.45) is 4.12. The van der Waals surface area contributed by atoms with Gasteiger partial charge in [0.25, 0.3) is 0 Å². The average Bonchev–Trinajstić information content (AvgIpc) is 3.35. The Morgan fingerprint density at radius 2 is 2.00 bits per heavy atom. The van der Waals surface area contributed by atoms with Gasteiger partial charge in [-0.25, -0.2) is 27.9 Å². The number of hydrogen-bond acceptors (Lipinski definition) is 8. The first-order valence-electron chi connectivity index (χ1n) is 11.7. The topological polar surface area (TPSA) is 117 Å². The van der Waals surface area contributed by atoms with Crippen LogP contribution >= 0.6 is 0 Å². The molecule has 4 aromatic rings. The molecule has 3 aromatic heterocycles. The van der Waals surface area contributed by atoms with E-state index in [1.807, 2.05) is 30.3 Å². The molecule has 1 aromatic carbocycles. The monoisotopic (exact) mass is 492 g/mol. The number of carbonyl (C=O) groups excluding carboxylic acids is 1. The van der Waals surface area contributed by atoms with E-state index in [1.165, 1.54) is 0 Å². The molecule has 1 aliphatic carbocycles. The Balaban J connectivity index is 1.30. The minimum atomic E-state index is -3.10. The summed E-state index contributed by atoms with van der Waals surface area (Å²) in [7, 11) is -3.10. The Morgan fingerprint density at radius 1 is 1.20 bits per heavy atom. The fraction of sp³-hybridized carbons (Fsp3) is 0.360. The quantitative estimate of drug-likeness (QED) is 0.371. The van der Waals surface area contributed by atoms with Gasteiger partial charge >= 0.3 is 5.97 Å². The maximum atomic E-state index is 13.2. The number of rotatable bonds is 6. The van der Waals surface area contributed by atoms with Crippen LogP contribution in [0.1, 0.15) is 58.9 Å². The van der Waals surface area contributed by atoms with Crippen LogP contribution in [0.4, 0.5) is 0 Å². The molecule has 1 aliphatic heterocycles. The zero-order valence-electron chi connectivity index (χ0n) is 19.2. The molecule has 0 bridgehead atoms. The standard InChI is InChI=1S/C25H24N4O5S/c1-15-23-19(25(30)33-13-22-26-12-21(34-22)17-5-3-2-4-6-17)11-20(16-7-8-16)27-24(23)29(28-15)18-9-10-35(31,32)14-18/h2-6,11-12,16,18H,7-10,13-14H2,1H3/t18-/m0/s1. The normalized spacial score (nSPS) is 19.3. The third-order valence-electron chi connectivity index (χ3n) is 6.57. The third kappa shape index (κ3) is 4.22. The Labute approximate surface area is 202 Å². The maximum absolute atomic E-state index is 13.2. The second-order valence-corrected chi connectivity index (χ2v) is 11.4. The number of benzene rings is 1. The van der Waals surface area contributed by atoms with Crippen LogP contribution in [0.15, 0.2) is 47.0 Å². The molecule has 0 N–H and O–H groups in total. The molecule has 1 saturated carbocycles. The van der Waals surface area contributed by atoms with E-state index in [1.54, 1.807) is 23.9 Å². The molecule has 4 heterocycles. The van der Waals surface area contributed by atoms with Crippen LogP contribution in [0, 0.1) is 6.92 Å². The first-order valence-corrected chi connectivity index (χ1v) is 13.5. The van der Waals surface area contributed by atoms with E-state index in [2.05, 4.69) is 10.1 Å². The number of carbonyl (C=O) groups is 1. The molecular formula is C25H24N4O5S. The number of oxazole rings is 1. The zero-order valence-corrected chi connectivity index (χ0v) is 20.0. The predicted molar refractivity (Wildman–Crippen MR) is 128 cm³/mol. The van der Waals surface area contributed by atoms with Gasteiger partial charge in [-0.15, -0.1) is 0 Å². The van der Waals surface area contributed by atoms with Gasteiger partial charge in [-0.05, 0) is 32.3 Å². The lowest BCUT2D eigenvalue weighted by Gasteiger charge is -2.11. The Kier molecular flexibility index (Phi) is 5.21. The van der Waals surface area contributed by atoms with E-state index < -0.39 is 15.8 Å². The minimum Gasteiger partial charge on any atom is -0.452 e. The molecule has 9 nitrogen and oxygen atoms in total. The van der Waals surface area contributed by atoms with Crippen LogP contribution in [0.25, 0.3) is 22.4 Å². The number of fused-ring (bicyclic) bond motifs is 1. The van der Waals surface area contributed by atoms with E-state index in [-0.39, 0.29) is 24.2 Å². The third-order valence-corrected chi connectivity index (χ3v) is 8.32. The number of esters is 1. The summed E-state index contributed by atoms with van der Waals surface area (Å²) in [4.78, 5) is 22.3.